The zero-order chi connectivity index (χ0) is 23.2. The van der Waals surface area contributed by atoms with Crippen molar-refractivity contribution in [3.63, 3.8) is 0 Å². The number of nitrogens with zero attached hydrogens (tertiary/aromatic N) is 2. The third-order valence-electron chi connectivity index (χ3n) is 6.39. The largest absolute Gasteiger partial charge is 0.508 e. The molecule has 1 atom stereocenters. The maximum Gasteiger partial charge on any atom is 0.267 e. The quantitative estimate of drug-likeness (QED) is 0.745. The van der Waals surface area contributed by atoms with Crippen LogP contribution in [-0.4, -0.2) is 57.4 Å². The van der Waals surface area contributed by atoms with E-state index in [4.69, 9.17) is 0 Å². The van der Waals surface area contributed by atoms with Crippen LogP contribution in [0.3, 0.4) is 0 Å². The fourth-order valence-electron chi connectivity index (χ4n) is 4.62. The first-order chi connectivity index (χ1) is 15.1. The van der Waals surface area contributed by atoms with E-state index in [9.17, 15) is 28.6 Å². The predicted octanol–water partition coefficient (Wildman–Crippen LogP) is 4.17. The van der Waals surface area contributed by atoms with Crippen molar-refractivity contribution in [1.82, 2.24) is 9.80 Å². The lowest BCUT2D eigenvalue weighted by atomic mass is 9.96. The summed E-state index contributed by atoms with van der Waals surface area (Å²) < 4.78 is 27.0. The highest BCUT2D eigenvalue weighted by Crippen LogP contribution is 2.37. The standard InChI is InChI=1S/C24H26F2N2O4/c1-14-10-16(22(31)27-9-7-24(25,26)13-27)5-6-17(14)19-4-3-8-28(19)23(32)18-11-15(2)20(29)12-21(18)30/h5-6,10-12,19,29-30H,3-4,7-9,13H2,1-2H3/t19-/m1/s1. The van der Waals surface area contributed by atoms with Crippen LogP contribution in [0.5, 0.6) is 11.5 Å². The van der Waals surface area contributed by atoms with E-state index in [-0.39, 0.29) is 42.0 Å². The molecule has 2 aliphatic rings. The molecular formula is C24H26F2N2O4. The Morgan fingerprint density at radius 2 is 1.75 bits per heavy atom. The monoisotopic (exact) mass is 444 g/mol. The summed E-state index contributed by atoms with van der Waals surface area (Å²) in [4.78, 5) is 28.7. The molecule has 0 unspecified atom stereocenters. The van der Waals surface area contributed by atoms with E-state index in [0.717, 1.165) is 24.0 Å². The highest BCUT2D eigenvalue weighted by molar-refractivity contribution is 5.98. The molecule has 32 heavy (non-hydrogen) atoms. The summed E-state index contributed by atoms with van der Waals surface area (Å²) in [6, 6.07) is 7.52. The smallest absolute Gasteiger partial charge is 0.267 e. The fraction of sp³-hybridized carbons (Fsp3) is 0.417. The number of rotatable bonds is 3. The van der Waals surface area contributed by atoms with Gasteiger partial charge in [0.1, 0.15) is 11.5 Å². The molecule has 0 spiro atoms. The molecular weight excluding hydrogens is 418 g/mol. The van der Waals surface area contributed by atoms with E-state index in [1.807, 2.05) is 6.92 Å². The molecule has 2 saturated heterocycles. The Hall–Kier alpha value is -3.16. The second kappa shape index (κ2) is 8.07. The Labute approximate surface area is 185 Å². The van der Waals surface area contributed by atoms with Gasteiger partial charge in [-0.2, -0.15) is 0 Å². The number of hydrogen-bond donors (Lipinski definition) is 2. The van der Waals surface area contributed by atoms with Gasteiger partial charge in [0, 0.05) is 31.1 Å². The van der Waals surface area contributed by atoms with Crippen molar-refractivity contribution >= 4 is 11.8 Å². The molecule has 0 bridgehead atoms. The SMILES string of the molecule is Cc1cc(C(=O)N2CCC[C@@H]2c2ccc(C(=O)N3CCC(F)(F)C3)cc2C)c(O)cc1O. The second-order valence-corrected chi connectivity index (χ2v) is 8.72. The molecule has 2 aromatic carbocycles. The van der Waals surface area contributed by atoms with E-state index in [2.05, 4.69) is 0 Å². The average Bonchev–Trinajstić information content (AvgIpc) is 3.36. The summed E-state index contributed by atoms with van der Waals surface area (Å²) in [5, 5.41) is 20.0. The van der Waals surface area contributed by atoms with E-state index in [1.54, 1.807) is 30.0 Å². The van der Waals surface area contributed by atoms with Gasteiger partial charge >= 0.3 is 0 Å². The predicted molar refractivity (Wildman–Crippen MR) is 114 cm³/mol. The van der Waals surface area contributed by atoms with Crippen LogP contribution in [0.4, 0.5) is 8.78 Å². The number of carbonyl (C=O) groups excluding carboxylic acids is 2. The van der Waals surface area contributed by atoms with Crippen LogP contribution in [0.1, 0.15) is 62.7 Å². The zero-order valence-corrected chi connectivity index (χ0v) is 18.1. The van der Waals surface area contributed by atoms with Crippen LogP contribution < -0.4 is 0 Å². The zero-order valence-electron chi connectivity index (χ0n) is 18.1. The first-order valence-electron chi connectivity index (χ1n) is 10.7. The van der Waals surface area contributed by atoms with Crippen molar-refractivity contribution in [3.8, 4) is 11.5 Å². The number of hydrogen-bond acceptors (Lipinski definition) is 4. The van der Waals surface area contributed by atoms with Crippen molar-refractivity contribution in [2.24, 2.45) is 0 Å². The third kappa shape index (κ3) is 4.01. The normalized spacial score (nSPS) is 20.1. The highest BCUT2D eigenvalue weighted by Gasteiger charge is 2.40. The van der Waals surface area contributed by atoms with Crippen LogP contribution in [0, 0.1) is 13.8 Å². The molecule has 0 aliphatic carbocycles. The Morgan fingerprint density at radius 3 is 2.41 bits per heavy atom. The summed E-state index contributed by atoms with van der Waals surface area (Å²) >= 11 is 0. The molecule has 4 rings (SSSR count). The number of halogens is 2. The summed E-state index contributed by atoms with van der Waals surface area (Å²) in [5.41, 5.74) is 2.67. The van der Waals surface area contributed by atoms with Gasteiger partial charge in [0.25, 0.3) is 17.7 Å². The van der Waals surface area contributed by atoms with E-state index < -0.39 is 18.4 Å². The lowest BCUT2D eigenvalue weighted by Gasteiger charge is -2.27. The first-order valence-corrected chi connectivity index (χ1v) is 10.7. The van der Waals surface area contributed by atoms with Gasteiger partial charge < -0.3 is 20.0 Å². The van der Waals surface area contributed by atoms with Gasteiger partial charge in [0.15, 0.2) is 0 Å². The number of aryl methyl sites for hydroxylation is 2. The first kappa shape index (κ1) is 22.0. The summed E-state index contributed by atoms with van der Waals surface area (Å²) in [5.74, 6) is -3.94. The van der Waals surface area contributed by atoms with Crippen LogP contribution in [0.2, 0.25) is 0 Å². The Morgan fingerprint density at radius 1 is 1.00 bits per heavy atom. The molecule has 170 valence electrons. The molecule has 2 fully saturated rings. The van der Waals surface area contributed by atoms with Gasteiger partial charge in [-0.1, -0.05) is 6.07 Å². The molecule has 6 nitrogen and oxygen atoms in total. The van der Waals surface area contributed by atoms with Crippen molar-refractivity contribution < 1.29 is 28.6 Å². The maximum absolute atomic E-state index is 13.5. The summed E-state index contributed by atoms with van der Waals surface area (Å²) in [7, 11) is 0. The molecule has 2 aromatic rings. The van der Waals surface area contributed by atoms with Crippen molar-refractivity contribution in [2.75, 3.05) is 19.6 Å². The average molecular weight is 444 g/mol. The number of carbonyl (C=O) groups is 2. The van der Waals surface area contributed by atoms with Gasteiger partial charge in [0.05, 0.1) is 18.2 Å². The topological polar surface area (TPSA) is 81.1 Å². The van der Waals surface area contributed by atoms with Crippen molar-refractivity contribution in [3.05, 3.63) is 58.1 Å². The lowest BCUT2D eigenvalue weighted by molar-refractivity contribution is 0.0120. The fourth-order valence-corrected chi connectivity index (χ4v) is 4.62. The molecule has 0 saturated carbocycles. The maximum atomic E-state index is 13.5. The second-order valence-electron chi connectivity index (χ2n) is 8.72. The highest BCUT2D eigenvalue weighted by atomic mass is 19.3. The summed E-state index contributed by atoms with van der Waals surface area (Å²) in [6.45, 7) is 3.49. The van der Waals surface area contributed by atoms with E-state index in [0.29, 0.717) is 17.7 Å². The molecule has 2 amide bonds. The van der Waals surface area contributed by atoms with Crippen molar-refractivity contribution in [1.29, 1.82) is 0 Å². The third-order valence-corrected chi connectivity index (χ3v) is 6.39. The Kier molecular flexibility index (Phi) is 5.56. The number of phenols is 2. The molecule has 0 aromatic heterocycles. The van der Waals surface area contributed by atoms with Gasteiger partial charge in [-0.05, 0) is 61.6 Å². The molecule has 0 radical (unpaired) electrons. The van der Waals surface area contributed by atoms with Crippen LogP contribution in [0.15, 0.2) is 30.3 Å². The van der Waals surface area contributed by atoms with Gasteiger partial charge in [-0.25, -0.2) is 8.78 Å². The van der Waals surface area contributed by atoms with Gasteiger partial charge in [-0.15, -0.1) is 0 Å². The van der Waals surface area contributed by atoms with Gasteiger partial charge in [-0.3, -0.25) is 9.59 Å². The number of aromatic hydroxyl groups is 2. The summed E-state index contributed by atoms with van der Waals surface area (Å²) in [6.07, 6.45) is 1.20. The Balaban J connectivity index is 1.57. The minimum absolute atomic E-state index is 0.0348. The van der Waals surface area contributed by atoms with E-state index >= 15 is 0 Å². The molecule has 8 heteroatoms. The number of amides is 2. The van der Waals surface area contributed by atoms with Crippen LogP contribution in [0.25, 0.3) is 0 Å². The number of benzene rings is 2. The van der Waals surface area contributed by atoms with Gasteiger partial charge in [0.2, 0.25) is 0 Å². The lowest BCUT2D eigenvalue weighted by Crippen LogP contribution is -2.32. The number of alkyl halides is 2. The molecule has 2 N–H and O–H groups in total. The van der Waals surface area contributed by atoms with E-state index in [1.165, 1.54) is 17.0 Å². The van der Waals surface area contributed by atoms with Crippen molar-refractivity contribution in [2.45, 2.75) is 45.1 Å². The Bertz CT molecular complexity index is 1090. The molecule has 2 heterocycles. The van der Waals surface area contributed by atoms with Crippen LogP contribution in [-0.2, 0) is 0 Å². The van der Waals surface area contributed by atoms with Crippen LogP contribution >= 0.6 is 0 Å². The number of phenolic OH excluding ortho intramolecular Hbond substituents is 2. The minimum Gasteiger partial charge on any atom is -0.508 e. The number of likely N-dealkylation sites (tertiary alicyclic amines) is 2. The molecule has 2 aliphatic heterocycles. The minimum atomic E-state index is -2.84.